The van der Waals surface area contributed by atoms with E-state index in [2.05, 4.69) is 0 Å². The van der Waals surface area contributed by atoms with E-state index in [-0.39, 0.29) is 30.7 Å². The molecule has 0 aliphatic carbocycles. The number of benzene rings is 1. The van der Waals surface area contributed by atoms with Gasteiger partial charge in [0.1, 0.15) is 11.4 Å². The van der Waals surface area contributed by atoms with Crippen LogP contribution in [0.5, 0.6) is 0 Å². The van der Waals surface area contributed by atoms with Crippen LogP contribution >= 0.6 is 0 Å². The molecule has 1 aliphatic rings. The van der Waals surface area contributed by atoms with Gasteiger partial charge < -0.3 is 14.5 Å². The van der Waals surface area contributed by atoms with Crippen LogP contribution in [0.2, 0.25) is 0 Å². The van der Waals surface area contributed by atoms with E-state index in [9.17, 15) is 22.8 Å². The average molecular weight is 386 g/mol. The van der Waals surface area contributed by atoms with Crippen molar-refractivity contribution in [3.8, 4) is 0 Å². The number of carbonyl (C=O) groups excluding carboxylic acids is 2. The van der Waals surface area contributed by atoms with Crippen molar-refractivity contribution in [2.75, 3.05) is 13.1 Å². The highest BCUT2D eigenvalue weighted by atomic mass is 19.3. The Labute approximate surface area is 157 Å². The van der Waals surface area contributed by atoms with Gasteiger partial charge in [-0.25, -0.2) is 18.0 Å². The number of hydrogen-bond acceptors (Lipinski definition) is 3. The highest BCUT2D eigenvalue weighted by molar-refractivity contribution is 5.95. The first kappa shape index (κ1) is 21.1. The zero-order valence-corrected chi connectivity index (χ0v) is 16.1. The van der Waals surface area contributed by atoms with E-state index in [1.54, 1.807) is 34.6 Å². The molecule has 27 heavy (non-hydrogen) atoms. The topological polar surface area (TPSA) is 49.9 Å². The van der Waals surface area contributed by atoms with Crippen molar-refractivity contribution in [1.82, 2.24) is 9.80 Å². The minimum absolute atomic E-state index is 0.190. The Bertz CT molecular complexity index is 719. The summed E-state index contributed by atoms with van der Waals surface area (Å²) in [6.45, 7) is 9.24. The van der Waals surface area contributed by atoms with Crippen LogP contribution in [0.3, 0.4) is 0 Å². The number of ether oxygens (including phenoxy) is 1. The summed E-state index contributed by atoms with van der Waals surface area (Å²) >= 11 is 0. The summed E-state index contributed by atoms with van der Waals surface area (Å²) in [5.74, 6) is -1.57. The summed E-state index contributed by atoms with van der Waals surface area (Å²) in [5.41, 5.74) is -1.37. The molecule has 1 aromatic carbocycles. The number of halogens is 3. The van der Waals surface area contributed by atoms with Gasteiger partial charge in [0.05, 0.1) is 5.56 Å². The molecule has 2 atom stereocenters. The molecule has 1 saturated heterocycles. The monoisotopic (exact) mass is 386 g/mol. The lowest BCUT2D eigenvalue weighted by molar-refractivity contribution is -0.00799. The van der Waals surface area contributed by atoms with Gasteiger partial charge in [-0.1, -0.05) is 6.07 Å². The largest absolute Gasteiger partial charge is 0.444 e. The van der Waals surface area contributed by atoms with Crippen molar-refractivity contribution in [3.63, 3.8) is 0 Å². The fourth-order valence-electron chi connectivity index (χ4n) is 2.98. The summed E-state index contributed by atoms with van der Waals surface area (Å²) in [5, 5.41) is 0. The number of alkyl halides is 2. The molecule has 0 radical (unpaired) electrons. The fourth-order valence-corrected chi connectivity index (χ4v) is 2.98. The highest BCUT2D eigenvalue weighted by Crippen LogP contribution is 2.24. The molecule has 0 unspecified atom stereocenters. The van der Waals surface area contributed by atoms with Gasteiger partial charge in [-0.15, -0.1) is 0 Å². The summed E-state index contributed by atoms with van der Waals surface area (Å²) in [4.78, 5) is 28.1. The predicted octanol–water partition coefficient (Wildman–Crippen LogP) is 4.23. The third-order valence-corrected chi connectivity index (χ3v) is 4.35. The van der Waals surface area contributed by atoms with Crippen LogP contribution in [0.1, 0.15) is 57.0 Å². The van der Waals surface area contributed by atoms with Gasteiger partial charge in [0.25, 0.3) is 12.3 Å². The standard InChI is InChI=1S/C19H25F3N2O3/c1-11-10-24(18(26)27-19(3,4)5)12(2)9-23(11)17(25)14-7-6-13(16(21)22)8-15(14)20/h6-8,11-12,16H,9-10H2,1-5H3/t11-,12+/m1/s1. The van der Waals surface area contributed by atoms with Gasteiger partial charge in [0.2, 0.25) is 0 Å². The number of carbonyl (C=O) groups is 2. The van der Waals surface area contributed by atoms with Gasteiger partial charge in [0, 0.05) is 30.7 Å². The Morgan fingerprint density at radius 1 is 1.11 bits per heavy atom. The molecule has 0 saturated carbocycles. The summed E-state index contributed by atoms with van der Waals surface area (Å²) in [6, 6.07) is 2.10. The summed E-state index contributed by atoms with van der Waals surface area (Å²) in [6.07, 6.45) is -3.28. The van der Waals surface area contributed by atoms with Crippen LogP contribution < -0.4 is 0 Å². The van der Waals surface area contributed by atoms with E-state index in [1.165, 1.54) is 9.80 Å². The predicted molar refractivity (Wildman–Crippen MR) is 94.3 cm³/mol. The highest BCUT2D eigenvalue weighted by Gasteiger charge is 2.37. The van der Waals surface area contributed by atoms with Gasteiger partial charge >= 0.3 is 6.09 Å². The molecule has 0 N–H and O–H groups in total. The molecule has 150 valence electrons. The number of piperazine rings is 1. The van der Waals surface area contributed by atoms with Crippen molar-refractivity contribution in [3.05, 3.63) is 35.1 Å². The molecule has 1 aromatic rings. The van der Waals surface area contributed by atoms with Crippen LogP contribution in [-0.4, -0.2) is 52.6 Å². The fraction of sp³-hybridized carbons (Fsp3) is 0.579. The molecule has 2 amide bonds. The average Bonchev–Trinajstić information content (AvgIpc) is 2.54. The molecule has 5 nitrogen and oxygen atoms in total. The molecule has 0 aromatic heterocycles. The second-order valence-electron chi connectivity index (χ2n) is 7.83. The van der Waals surface area contributed by atoms with Crippen LogP contribution in [0.15, 0.2) is 18.2 Å². The van der Waals surface area contributed by atoms with Gasteiger partial charge in [-0.3, -0.25) is 4.79 Å². The maximum atomic E-state index is 14.2. The second kappa shape index (κ2) is 7.78. The van der Waals surface area contributed by atoms with Crippen LogP contribution in [-0.2, 0) is 4.74 Å². The van der Waals surface area contributed by atoms with E-state index in [0.717, 1.165) is 12.1 Å². The maximum Gasteiger partial charge on any atom is 0.410 e. The van der Waals surface area contributed by atoms with E-state index in [0.29, 0.717) is 6.07 Å². The first-order valence-corrected chi connectivity index (χ1v) is 8.79. The maximum absolute atomic E-state index is 14.2. The zero-order chi connectivity index (χ0) is 20.5. The normalized spacial score (nSPS) is 20.8. The van der Waals surface area contributed by atoms with Gasteiger partial charge in [0.15, 0.2) is 0 Å². The number of nitrogens with zero attached hydrogens (tertiary/aromatic N) is 2. The van der Waals surface area contributed by atoms with Gasteiger partial charge in [-0.2, -0.15) is 0 Å². The molecule has 1 aliphatic heterocycles. The van der Waals surface area contributed by atoms with E-state index >= 15 is 0 Å². The van der Waals surface area contributed by atoms with E-state index in [4.69, 9.17) is 4.74 Å². The molecule has 0 bridgehead atoms. The van der Waals surface area contributed by atoms with Crippen molar-refractivity contribution >= 4 is 12.0 Å². The lowest BCUT2D eigenvalue weighted by Crippen LogP contribution is -2.60. The SMILES string of the molecule is C[C@@H]1CN(C(=O)OC(C)(C)C)[C@@H](C)CN1C(=O)c1ccc(C(F)F)cc1F. The van der Waals surface area contributed by atoms with Crippen molar-refractivity contribution < 1.29 is 27.5 Å². The Hall–Kier alpha value is -2.25. The molecule has 8 heteroatoms. The van der Waals surface area contributed by atoms with E-state index in [1.807, 2.05) is 0 Å². The number of hydrogen-bond donors (Lipinski definition) is 0. The van der Waals surface area contributed by atoms with Crippen LogP contribution in [0, 0.1) is 5.82 Å². The van der Waals surface area contributed by atoms with Crippen molar-refractivity contribution in [2.24, 2.45) is 0 Å². The Morgan fingerprint density at radius 2 is 1.67 bits per heavy atom. The molecule has 1 heterocycles. The quantitative estimate of drug-likeness (QED) is 0.764. The lowest BCUT2D eigenvalue weighted by Gasteiger charge is -2.44. The first-order valence-electron chi connectivity index (χ1n) is 8.79. The summed E-state index contributed by atoms with van der Waals surface area (Å²) in [7, 11) is 0. The van der Waals surface area contributed by atoms with Crippen molar-refractivity contribution in [2.45, 2.75) is 58.7 Å². The zero-order valence-electron chi connectivity index (χ0n) is 16.1. The number of amides is 2. The Kier molecular flexibility index (Phi) is 6.07. The number of rotatable bonds is 2. The van der Waals surface area contributed by atoms with Gasteiger partial charge in [-0.05, 0) is 46.8 Å². The second-order valence-corrected chi connectivity index (χ2v) is 7.83. The third kappa shape index (κ3) is 4.93. The minimum Gasteiger partial charge on any atom is -0.444 e. The minimum atomic E-state index is -2.81. The molecule has 1 fully saturated rings. The molecular formula is C19H25F3N2O3. The molecular weight excluding hydrogens is 361 g/mol. The summed E-state index contributed by atoms with van der Waals surface area (Å²) < 4.78 is 44.9. The van der Waals surface area contributed by atoms with Crippen molar-refractivity contribution in [1.29, 1.82) is 0 Å². The molecule has 2 rings (SSSR count). The Balaban J connectivity index is 2.15. The Morgan fingerprint density at radius 3 is 2.19 bits per heavy atom. The first-order chi connectivity index (χ1) is 12.4. The molecule has 0 spiro atoms. The van der Waals surface area contributed by atoms with E-state index < -0.39 is 35.4 Å². The third-order valence-electron chi connectivity index (χ3n) is 4.35. The lowest BCUT2D eigenvalue weighted by atomic mass is 10.0. The van der Waals surface area contributed by atoms with Crippen LogP contribution in [0.25, 0.3) is 0 Å². The van der Waals surface area contributed by atoms with Crippen LogP contribution in [0.4, 0.5) is 18.0 Å². The smallest absolute Gasteiger partial charge is 0.410 e.